The van der Waals surface area contributed by atoms with E-state index in [-0.39, 0.29) is 61.8 Å². The average molecular weight is 1060 g/mol. The minimum Gasteiger partial charge on any atom is -0.489 e. The van der Waals surface area contributed by atoms with Gasteiger partial charge in [-0.3, -0.25) is 4.79 Å². The minimum atomic E-state index is -1.02. The zero-order valence-corrected chi connectivity index (χ0v) is 44.3. The van der Waals surface area contributed by atoms with Gasteiger partial charge in [-0.05, 0) is 56.6 Å². The van der Waals surface area contributed by atoms with Crippen molar-refractivity contribution in [3.8, 4) is 28.4 Å². The second-order valence-corrected chi connectivity index (χ2v) is 19.7. The molecule has 0 N–H and O–H groups in total. The van der Waals surface area contributed by atoms with Gasteiger partial charge in [0.1, 0.15) is 79.2 Å². The molecule has 402 valence electrons. The van der Waals surface area contributed by atoms with Crippen molar-refractivity contribution in [3.05, 3.63) is 304 Å². The van der Waals surface area contributed by atoms with Gasteiger partial charge in [0, 0.05) is 6.07 Å². The molecule has 0 radical (unpaired) electrons. The van der Waals surface area contributed by atoms with Gasteiger partial charge in [0.25, 0.3) is 0 Å². The van der Waals surface area contributed by atoms with Crippen molar-refractivity contribution >= 4 is 11.0 Å². The summed E-state index contributed by atoms with van der Waals surface area (Å²) in [4.78, 5) is 15.7. The topological polar surface area (TPSA) is 104 Å². The van der Waals surface area contributed by atoms with E-state index in [9.17, 15) is 0 Å². The molecule has 1 aromatic heterocycles. The summed E-state index contributed by atoms with van der Waals surface area (Å²) >= 11 is 0. The van der Waals surface area contributed by atoms with Crippen LogP contribution in [0.4, 0.5) is 0 Å². The first-order chi connectivity index (χ1) is 39.6. The van der Waals surface area contributed by atoms with E-state index < -0.39 is 30.5 Å². The lowest BCUT2D eigenvalue weighted by molar-refractivity contribution is -0.275. The molecule has 1 aliphatic rings. The molecule has 10 aromatic rings. The smallest absolute Gasteiger partial charge is 0.204 e. The van der Waals surface area contributed by atoms with Crippen LogP contribution in [0.1, 0.15) is 50.6 Å². The quantitative estimate of drug-likeness (QED) is 0.0581. The Kier molecular flexibility index (Phi) is 17.9. The molecule has 1 aliphatic heterocycles. The highest BCUT2D eigenvalue weighted by atomic mass is 16.6. The molecule has 80 heavy (non-hydrogen) atoms. The molecule has 1 fully saturated rings. The summed E-state index contributed by atoms with van der Waals surface area (Å²) in [5.41, 5.74) is 8.05. The second kappa shape index (κ2) is 26.8. The molecule has 2 heterocycles. The van der Waals surface area contributed by atoms with E-state index in [0.29, 0.717) is 41.4 Å². The van der Waals surface area contributed by atoms with Gasteiger partial charge >= 0.3 is 0 Å². The predicted molar refractivity (Wildman–Crippen MR) is 309 cm³/mol. The Bertz CT molecular complexity index is 3530. The lowest BCUT2D eigenvalue weighted by Gasteiger charge is -2.46. The summed E-state index contributed by atoms with van der Waals surface area (Å²) in [6.07, 6.45) is -2.72. The van der Waals surface area contributed by atoms with Crippen LogP contribution in [0.2, 0.25) is 0 Å². The lowest BCUT2D eigenvalue weighted by atomic mass is 9.88. The van der Waals surface area contributed by atoms with Crippen LogP contribution in [0, 0.1) is 0 Å². The van der Waals surface area contributed by atoms with Crippen LogP contribution in [0.15, 0.2) is 258 Å². The van der Waals surface area contributed by atoms with Crippen molar-refractivity contribution in [2.45, 2.75) is 76.8 Å². The number of hydrogen-bond donors (Lipinski definition) is 0. The zero-order valence-electron chi connectivity index (χ0n) is 44.3. The number of hydrogen-bond acceptors (Lipinski definition) is 10. The van der Waals surface area contributed by atoms with Gasteiger partial charge in [-0.15, -0.1) is 0 Å². The van der Waals surface area contributed by atoms with Crippen molar-refractivity contribution in [1.29, 1.82) is 0 Å². The van der Waals surface area contributed by atoms with Crippen LogP contribution in [-0.2, 0) is 69.9 Å². The normalized spacial score (nSPS) is 17.0. The van der Waals surface area contributed by atoms with E-state index >= 15 is 4.79 Å². The lowest BCUT2D eigenvalue weighted by Crippen LogP contribution is -2.58. The molecule has 0 spiro atoms. The predicted octanol–water partition coefficient (Wildman–Crippen LogP) is 14.6. The first-order valence-electron chi connectivity index (χ1n) is 27.1. The Hall–Kier alpha value is -8.61. The first kappa shape index (κ1) is 53.4. The third-order valence-electron chi connectivity index (χ3n) is 14.1. The van der Waals surface area contributed by atoms with Gasteiger partial charge in [0.15, 0.2) is 5.58 Å². The summed E-state index contributed by atoms with van der Waals surface area (Å²) < 4.78 is 62.5. The van der Waals surface area contributed by atoms with E-state index in [1.54, 1.807) is 6.07 Å². The molecular formula is C70H62O10. The summed E-state index contributed by atoms with van der Waals surface area (Å²) in [7, 11) is 0. The van der Waals surface area contributed by atoms with E-state index in [1.165, 1.54) is 6.26 Å². The Balaban J connectivity index is 1.08. The Morgan fingerprint density at radius 2 is 0.787 bits per heavy atom. The zero-order chi connectivity index (χ0) is 54.1. The van der Waals surface area contributed by atoms with E-state index in [4.69, 9.17) is 42.3 Å². The van der Waals surface area contributed by atoms with Crippen LogP contribution < -0.4 is 19.6 Å². The molecule has 0 saturated carbocycles. The molecule has 10 heteroatoms. The maximum atomic E-state index is 15.7. The van der Waals surface area contributed by atoms with Gasteiger partial charge in [0.05, 0.1) is 44.2 Å². The maximum absolute atomic E-state index is 15.7. The highest BCUT2D eigenvalue weighted by Crippen LogP contribution is 2.47. The van der Waals surface area contributed by atoms with E-state index in [2.05, 4.69) is 0 Å². The average Bonchev–Trinajstić information content (AvgIpc) is 3.53. The number of benzene rings is 9. The van der Waals surface area contributed by atoms with Gasteiger partial charge in [-0.1, -0.05) is 224 Å². The van der Waals surface area contributed by atoms with Crippen molar-refractivity contribution in [2.24, 2.45) is 0 Å². The van der Waals surface area contributed by atoms with Gasteiger partial charge in [0.2, 0.25) is 5.43 Å². The molecule has 0 amide bonds. The third-order valence-corrected chi connectivity index (χ3v) is 14.1. The number of ether oxygens (including phenoxy) is 8. The Labute approximate surface area is 466 Å². The molecule has 0 aliphatic carbocycles. The standard InChI is InChI=1S/C70H62O10/c71-65-59(57-36-38-58(39-37-57)73-42-51-24-10-2-11-25-51)48-79-67-63(65)60(74-43-52-26-12-3-13-27-52)40-61(75-44-53-28-14-4-15-29-53)64(67)68-70(78-47-56-34-20-7-21-35-56)69(77-46-55-32-18-6-19-33-55)66(76-45-54-30-16-5-17-31-54)62(80-68)49-72-41-50-22-8-1-9-23-50/h1-40,48,62,66,68-70H,41-47,49H2/t62-,66-,68?,69+,70+/m0/s1. The van der Waals surface area contributed by atoms with E-state index in [0.717, 1.165) is 38.9 Å². The van der Waals surface area contributed by atoms with Gasteiger partial charge in [-0.25, -0.2) is 0 Å². The second-order valence-electron chi connectivity index (χ2n) is 19.7. The number of rotatable bonds is 24. The molecular weight excluding hydrogens is 1000 g/mol. The molecule has 1 unspecified atom stereocenters. The SMILES string of the molecule is O=c1c(-c2ccc(OCc3ccccc3)cc2)coc2c(C3O[C@@H](COCc4ccccc4)[C@H](OCc4ccccc4)[C@@H](OCc4ccccc4)[C@@H]3OCc3ccccc3)c(OCc3ccccc3)cc(OCc3ccccc3)c12. The van der Waals surface area contributed by atoms with Crippen LogP contribution in [0.3, 0.4) is 0 Å². The fourth-order valence-electron chi connectivity index (χ4n) is 9.94. The van der Waals surface area contributed by atoms with Crippen molar-refractivity contribution < 1.29 is 42.3 Å². The monoisotopic (exact) mass is 1060 g/mol. The van der Waals surface area contributed by atoms with Gasteiger partial charge < -0.3 is 42.3 Å². The van der Waals surface area contributed by atoms with Crippen molar-refractivity contribution in [2.75, 3.05) is 6.61 Å². The Morgan fingerprint density at radius 1 is 0.388 bits per heavy atom. The molecule has 11 rings (SSSR count). The highest BCUT2D eigenvalue weighted by molar-refractivity contribution is 5.91. The van der Waals surface area contributed by atoms with Crippen molar-refractivity contribution in [1.82, 2.24) is 0 Å². The fraction of sp³-hybridized carbons (Fsp3) is 0.186. The molecule has 5 atom stereocenters. The summed E-state index contributed by atoms with van der Waals surface area (Å²) in [6, 6.07) is 79.0. The minimum absolute atomic E-state index is 0.108. The molecule has 9 aromatic carbocycles. The maximum Gasteiger partial charge on any atom is 0.204 e. The van der Waals surface area contributed by atoms with Gasteiger partial charge in [-0.2, -0.15) is 0 Å². The summed E-state index contributed by atoms with van der Waals surface area (Å²) in [6.45, 7) is 1.82. The third kappa shape index (κ3) is 13.6. The summed E-state index contributed by atoms with van der Waals surface area (Å²) in [5.74, 6) is 1.30. The van der Waals surface area contributed by atoms with Crippen LogP contribution >= 0.6 is 0 Å². The molecule has 0 bridgehead atoms. The largest absolute Gasteiger partial charge is 0.489 e. The first-order valence-corrected chi connectivity index (χ1v) is 27.1. The fourth-order valence-corrected chi connectivity index (χ4v) is 9.94. The van der Waals surface area contributed by atoms with Crippen LogP contribution in [0.5, 0.6) is 17.2 Å². The summed E-state index contributed by atoms with van der Waals surface area (Å²) in [5, 5.41) is 0.205. The highest BCUT2D eigenvalue weighted by Gasteiger charge is 2.51. The molecule has 10 nitrogen and oxygen atoms in total. The van der Waals surface area contributed by atoms with E-state index in [1.807, 2.05) is 237 Å². The molecule has 1 saturated heterocycles. The van der Waals surface area contributed by atoms with Crippen molar-refractivity contribution in [3.63, 3.8) is 0 Å². The van der Waals surface area contributed by atoms with Crippen LogP contribution in [-0.4, -0.2) is 31.0 Å². The van der Waals surface area contributed by atoms with Crippen LogP contribution in [0.25, 0.3) is 22.1 Å². The Morgan fingerprint density at radius 3 is 1.26 bits per heavy atom. The number of fused-ring (bicyclic) bond motifs is 1.